The summed E-state index contributed by atoms with van der Waals surface area (Å²) >= 11 is 5.93. The minimum Gasteiger partial charge on any atom is -0.307 e. The summed E-state index contributed by atoms with van der Waals surface area (Å²) in [4.78, 5) is 29.3. The molecule has 0 radical (unpaired) electrons. The maximum Gasteiger partial charge on any atom is 0.347 e. The minimum atomic E-state index is -0.729. The number of carbonyl (C=O) groups excluding carboxylic acids is 1. The van der Waals surface area contributed by atoms with Crippen molar-refractivity contribution in [3.05, 3.63) is 51.3 Å². The van der Waals surface area contributed by atoms with Crippen LogP contribution in [0, 0.1) is 11.7 Å². The molecule has 0 atom stereocenters. The summed E-state index contributed by atoms with van der Waals surface area (Å²) in [5, 5.41) is 5.07. The number of para-hydroxylation sites is 1. The van der Waals surface area contributed by atoms with E-state index in [9.17, 15) is 14.0 Å². The fourth-order valence-corrected chi connectivity index (χ4v) is 2.35. The second-order valence-corrected chi connectivity index (χ2v) is 5.80. The van der Waals surface area contributed by atoms with E-state index < -0.39 is 23.4 Å². The van der Waals surface area contributed by atoms with Crippen molar-refractivity contribution in [3.63, 3.8) is 0 Å². The molecule has 0 unspecified atom stereocenters. The first-order valence-electron chi connectivity index (χ1n) is 7.14. The normalized spacial score (nSPS) is 13.7. The highest BCUT2D eigenvalue weighted by atomic mass is 35.5. The lowest BCUT2D eigenvalue weighted by molar-refractivity contribution is 0.262. The first-order chi connectivity index (χ1) is 11.0. The second-order valence-electron chi connectivity index (χ2n) is 5.39. The number of anilines is 2. The van der Waals surface area contributed by atoms with Gasteiger partial charge in [0.1, 0.15) is 0 Å². The molecule has 1 aromatic carbocycles. The zero-order chi connectivity index (χ0) is 16.4. The molecule has 0 saturated heterocycles. The molecular formula is C15H14ClFN4O2. The Kier molecular flexibility index (Phi) is 4.29. The van der Waals surface area contributed by atoms with Gasteiger partial charge in [-0.3, -0.25) is 5.32 Å². The molecule has 1 heterocycles. The quantitative estimate of drug-likeness (QED) is 0.801. The molecule has 0 bridgehead atoms. The molecule has 8 heteroatoms. The molecule has 1 fully saturated rings. The SMILES string of the molecule is O=C(Nc1ccccc1Cl)Nc1nc(=O)[nH]c(CC2CC2)c1F. The molecule has 0 aliphatic heterocycles. The predicted molar refractivity (Wildman–Crippen MR) is 85.3 cm³/mol. The van der Waals surface area contributed by atoms with E-state index in [1.54, 1.807) is 24.3 Å². The molecule has 1 aromatic heterocycles. The Hall–Kier alpha value is -2.41. The van der Waals surface area contributed by atoms with E-state index in [4.69, 9.17) is 11.6 Å². The maximum atomic E-state index is 14.3. The molecule has 1 saturated carbocycles. The van der Waals surface area contributed by atoms with Crippen molar-refractivity contribution in [3.8, 4) is 0 Å². The van der Waals surface area contributed by atoms with E-state index in [1.165, 1.54) is 0 Å². The number of amides is 2. The van der Waals surface area contributed by atoms with Crippen LogP contribution in [0.3, 0.4) is 0 Å². The van der Waals surface area contributed by atoms with Crippen molar-refractivity contribution < 1.29 is 9.18 Å². The van der Waals surface area contributed by atoms with Crippen molar-refractivity contribution in [1.29, 1.82) is 0 Å². The van der Waals surface area contributed by atoms with Crippen LogP contribution in [0.25, 0.3) is 0 Å². The number of aromatic nitrogens is 2. The lowest BCUT2D eigenvalue weighted by Gasteiger charge is -2.10. The second kappa shape index (κ2) is 6.37. The topological polar surface area (TPSA) is 86.9 Å². The molecule has 1 aliphatic carbocycles. The average molecular weight is 337 g/mol. The van der Waals surface area contributed by atoms with Gasteiger partial charge in [-0.2, -0.15) is 4.98 Å². The van der Waals surface area contributed by atoms with Crippen LogP contribution < -0.4 is 16.3 Å². The highest BCUT2D eigenvalue weighted by Crippen LogP contribution is 2.33. The molecule has 0 spiro atoms. The van der Waals surface area contributed by atoms with E-state index in [1.807, 2.05) is 0 Å². The van der Waals surface area contributed by atoms with Crippen LogP contribution in [0.4, 0.5) is 20.7 Å². The minimum absolute atomic E-state index is 0.167. The van der Waals surface area contributed by atoms with Crippen molar-refractivity contribution >= 4 is 29.1 Å². The third-order valence-corrected chi connectivity index (χ3v) is 3.82. The van der Waals surface area contributed by atoms with Crippen molar-refractivity contribution in [2.75, 3.05) is 10.6 Å². The fraction of sp³-hybridized carbons (Fsp3) is 0.267. The lowest BCUT2D eigenvalue weighted by Crippen LogP contribution is -2.25. The van der Waals surface area contributed by atoms with Crippen LogP contribution >= 0.6 is 11.6 Å². The van der Waals surface area contributed by atoms with Gasteiger partial charge in [-0.1, -0.05) is 23.7 Å². The van der Waals surface area contributed by atoms with Gasteiger partial charge >= 0.3 is 11.7 Å². The Bertz CT molecular complexity index is 804. The van der Waals surface area contributed by atoms with Crippen LogP contribution in [-0.4, -0.2) is 16.0 Å². The van der Waals surface area contributed by atoms with Gasteiger partial charge in [-0.15, -0.1) is 0 Å². The van der Waals surface area contributed by atoms with Gasteiger partial charge < -0.3 is 10.3 Å². The largest absolute Gasteiger partial charge is 0.347 e. The number of urea groups is 1. The Morgan fingerprint density at radius 1 is 1.35 bits per heavy atom. The zero-order valence-corrected chi connectivity index (χ0v) is 12.8. The number of aromatic amines is 1. The van der Waals surface area contributed by atoms with Gasteiger partial charge in [-0.05, 0) is 37.3 Å². The van der Waals surface area contributed by atoms with E-state index in [0.29, 0.717) is 23.0 Å². The number of rotatable bonds is 4. The van der Waals surface area contributed by atoms with Crippen LogP contribution in [0.2, 0.25) is 5.02 Å². The standard InChI is InChI=1S/C15H14ClFN4O2/c16-9-3-1-2-4-10(9)18-14(22)20-13-12(17)11(7-8-5-6-8)19-15(23)21-13/h1-4,8H,5-7H2,(H3,18,19,20,21,22,23). The number of benzene rings is 1. The average Bonchev–Trinajstić information content (AvgIpc) is 3.30. The van der Waals surface area contributed by atoms with Crippen LogP contribution in [0.1, 0.15) is 18.5 Å². The highest BCUT2D eigenvalue weighted by Gasteiger charge is 2.25. The third kappa shape index (κ3) is 3.87. The number of hydrogen-bond acceptors (Lipinski definition) is 3. The monoisotopic (exact) mass is 336 g/mol. The first kappa shape index (κ1) is 15.5. The molecule has 3 rings (SSSR count). The van der Waals surface area contributed by atoms with Gasteiger partial charge in [0.2, 0.25) is 0 Å². The van der Waals surface area contributed by atoms with Gasteiger partial charge in [-0.25, -0.2) is 14.0 Å². The van der Waals surface area contributed by atoms with Crippen molar-refractivity contribution in [2.24, 2.45) is 5.92 Å². The molecular weight excluding hydrogens is 323 g/mol. The number of H-pyrrole nitrogens is 1. The number of hydrogen-bond donors (Lipinski definition) is 3. The lowest BCUT2D eigenvalue weighted by atomic mass is 10.2. The summed E-state index contributed by atoms with van der Waals surface area (Å²) < 4.78 is 14.3. The summed E-state index contributed by atoms with van der Waals surface area (Å²) in [6.45, 7) is 0. The Morgan fingerprint density at radius 3 is 2.78 bits per heavy atom. The highest BCUT2D eigenvalue weighted by molar-refractivity contribution is 6.33. The number of halogens is 2. The smallest absolute Gasteiger partial charge is 0.307 e. The molecule has 6 nitrogen and oxygen atoms in total. The summed E-state index contributed by atoms with van der Waals surface area (Å²) in [5.41, 5.74) is -0.161. The molecule has 2 amide bonds. The Morgan fingerprint density at radius 2 is 2.09 bits per heavy atom. The third-order valence-electron chi connectivity index (χ3n) is 3.49. The van der Waals surface area contributed by atoms with Gasteiger partial charge in [0.25, 0.3) is 0 Å². The summed E-state index contributed by atoms with van der Waals surface area (Å²) in [6, 6.07) is 5.89. The van der Waals surface area contributed by atoms with Gasteiger partial charge in [0.05, 0.1) is 16.4 Å². The van der Waals surface area contributed by atoms with E-state index >= 15 is 0 Å². The molecule has 1 aliphatic rings. The summed E-state index contributed by atoms with van der Waals surface area (Å²) in [5.74, 6) is -0.730. The van der Waals surface area contributed by atoms with Gasteiger partial charge in [0, 0.05) is 0 Å². The molecule has 3 N–H and O–H groups in total. The summed E-state index contributed by atoms with van der Waals surface area (Å²) in [7, 11) is 0. The van der Waals surface area contributed by atoms with E-state index in [2.05, 4.69) is 20.6 Å². The number of carbonyl (C=O) groups is 1. The van der Waals surface area contributed by atoms with Crippen molar-refractivity contribution in [1.82, 2.24) is 9.97 Å². The predicted octanol–water partition coefficient (Wildman–Crippen LogP) is 3.16. The fourth-order valence-electron chi connectivity index (χ4n) is 2.16. The van der Waals surface area contributed by atoms with Crippen LogP contribution in [0.15, 0.2) is 29.1 Å². The summed E-state index contributed by atoms with van der Waals surface area (Å²) in [6.07, 6.45) is 2.46. The molecule has 23 heavy (non-hydrogen) atoms. The number of nitrogens with zero attached hydrogens (tertiary/aromatic N) is 1. The Balaban J connectivity index is 1.76. The maximum absolute atomic E-state index is 14.3. The van der Waals surface area contributed by atoms with E-state index in [-0.39, 0.29) is 5.69 Å². The molecule has 2 aromatic rings. The Labute approximate surface area is 136 Å². The first-order valence-corrected chi connectivity index (χ1v) is 7.52. The van der Waals surface area contributed by atoms with E-state index in [0.717, 1.165) is 12.8 Å². The number of nitrogens with one attached hydrogen (secondary N) is 3. The van der Waals surface area contributed by atoms with Crippen molar-refractivity contribution in [2.45, 2.75) is 19.3 Å². The molecule has 120 valence electrons. The zero-order valence-electron chi connectivity index (χ0n) is 12.0. The van der Waals surface area contributed by atoms with Crippen LogP contribution in [-0.2, 0) is 6.42 Å². The van der Waals surface area contributed by atoms with Gasteiger partial charge in [0.15, 0.2) is 11.6 Å². The van der Waals surface area contributed by atoms with Crippen LogP contribution in [0.5, 0.6) is 0 Å².